The maximum atomic E-state index is 12.5. The van der Waals surface area contributed by atoms with E-state index >= 15 is 0 Å². The first-order valence-electron chi connectivity index (χ1n) is 7.19. The van der Waals surface area contributed by atoms with Gasteiger partial charge in [0.25, 0.3) is 5.91 Å². The molecular formula is C16H19ClN4O2. The van der Waals surface area contributed by atoms with Crippen molar-refractivity contribution in [1.29, 1.82) is 5.41 Å². The summed E-state index contributed by atoms with van der Waals surface area (Å²) in [5.74, 6) is -0.169. The summed E-state index contributed by atoms with van der Waals surface area (Å²) >= 11 is 6.26. The molecule has 2 aromatic rings. The van der Waals surface area contributed by atoms with Gasteiger partial charge in [0.2, 0.25) is 0 Å². The second kappa shape index (κ2) is 6.83. The summed E-state index contributed by atoms with van der Waals surface area (Å²) < 4.78 is 5.18. The van der Waals surface area contributed by atoms with Gasteiger partial charge in [-0.3, -0.25) is 15.5 Å². The molecule has 0 radical (unpaired) electrons. The topological polar surface area (TPSA) is 91.0 Å². The van der Waals surface area contributed by atoms with Gasteiger partial charge in [0.15, 0.2) is 5.96 Å². The van der Waals surface area contributed by atoms with Crippen LogP contribution < -0.4 is 10.6 Å². The van der Waals surface area contributed by atoms with Crippen LogP contribution in [0, 0.1) is 19.3 Å². The molecule has 1 amide bonds. The summed E-state index contributed by atoms with van der Waals surface area (Å²) in [5.41, 5.74) is 2.19. The molecule has 122 valence electrons. The molecule has 1 aromatic carbocycles. The number of nitrogens with zero attached hydrogens (tertiary/aromatic N) is 1. The second-order valence-electron chi connectivity index (χ2n) is 5.52. The fraction of sp³-hybridized carbons (Fsp3) is 0.312. The van der Waals surface area contributed by atoms with Crippen LogP contribution in [-0.4, -0.2) is 23.1 Å². The lowest BCUT2D eigenvalue weighted by Crippen LogP contribution is -2.43. The Morgan fingerprint density at radius 2 is 2.04 bits per heavy atom. The zero-order valence-electron chi connectivity index (χ0n) is 13.5. The van der Waals surface area contributed by atoms with Crippen LogP contribution in [0.5, 0.6) is 0 Å². The lowest BCUT2D eigenvalue weighted by Gasteiger charge is -2.12. The molecule has 0 aliphatic heterocycles. The van der Waals surface area contributed by atoms with E-state index in [0.717, 1.165) is 5.56 Å². The maximum absolute atomic E-state index is 12.5. The van der Waals surface area contributed by atoms with Gasteiger partial charge in [-0.25, -0.2) is 0 Å². The van der Waals surface area contributed by atoms with E-state index in [9.17, 15) is 4.79 Å². The predicted molar refractivity (Wildman–Crippen MR) is 89.9 cm³/mol. The van der Waals surface area contributed by atoms with E-state index in [1.165, 1.54) is 0 Å². The van der Waals surface area contributed by atoms with Crippen molar-refractivity contribution in [2.24, 2.45) is 0 Å². The Balaban J connectivity index is 2.40. The highest BCUT2D eigenvalue weighted by molar-refractivity contribution is 6.33. The third-order valence-electron chi connectivity index (χ3n) is 3.22. The Morgan fingerprint density at radius 3 is 2.65 bits per heavy atom. The van der Waals surface area contributed by atoms with Gasteiger partial charge in [-0.2, -0.15) is 0 Å². The molecule has 7 heteroatoms. The van der Waals surface area contributed by atoms with Gasteiger partial charge in [-0.05, 0) is 39.3 Å². The highest BCUT2D eigenvalue weighted by atomic mass is 35.5. The van der Waals surface area contributed by atoms with E-state index < -0.39 is 5.91 Å². The van der Waals surface area contributed by atoms with Crippen molar-refractivity contribution in [3.05, 3.63) is 40.1 Å². The first-order valence-corrected chi connectivity index (χ1v) is 7.57. The van der Waals surface area contributed by atoms with Crippen molar-refractivity contribution in [1.82, 2.24) is 15.8 Å². The number of aromatic nitrogens is 1. The molecule has 0 saturated carbocycles. The number of halogens is 1. The molecule has 0 aliphatic rings. The van der Waals surface area contributed by atoms with Crippen LogP contribution in [0.25, 0.3) is 11.3 Å². The molecule has 0 aliphatic carbocycles. The number of benzene rings is 1. The van der Waals surface area contributed by atoms with E-state index in [0.29, 0.717) is 22.0 Å². The molecule has 0 bridgehead atoms. The molecule has 23 heavy (non-hydrogen) atoms. The quantitative estimate of drug-likeness (QED) is 0.593. The number of carbonyl (C=O) groups is 1. The summed E-state index contributed by atoms with van der Waals surface area (Å²) in [7, 11) is 0. The first-order chi connectivity index (χ1) is 10.8. The van der Waals surface area contributed by atoms with Gasteiger partial charge >= 0.3 is 0 Å². The summed E-state index contributed by atoms with van der Waals surface area (Å²) in [6.07, 6.45) is 0. The second-order valence-corrected chi connectivity index (χ2v) is 5.93. The van der Waals surface area contributed by atoms with E-state index in [2.05, 4.69) is 15.8 Å². The van der Waals surface area contributed by atoms with E-state index in [1.807, 2.05) is 32.9 Å². The monoisotopic (exact) mass is 334 g/mol. The zero-order chi connectivity index (χ0) is 17.1. The maximum Gasteiger partial charge on any atom is 0.263 e. The molecule has 0 spiro atoms. The van der Waals surface area contributed by atoms with Gasteiger partial charge in [-0.15, -0.1) is 0 Å². The van der Waals surface area contributed by atoms with Crippen LogP contribution in [0.3, 0.4) is 0 Å². The van der Waals surface area contributed by atoms with Crippen LogP contribution in [0.2, 0.25) is 5.02 Å². The van der Waals surface area contributed by atoms with Gasteiger partial charge in [0, 0.05) is 11.6 Å². The Morgan fingerprint density at radius 1 is 1.35 bits per heavy atom. The Hall–Kier alpha value is -2.34. The standard InChI is InChI=1S/C16H19ClN4O2/c1-8(2)19-16(18)20-15(22)13-10(4)23-21-14(13)12-9(3)6-5-7-11(12)17/h5-8H,1-4H3,(H3,18,19,20,22). The molecule has 1 aromatic heterocycles. The van der Waals surface area contributed by atoms with Gasteiger partial charge in [0.1, 0.15) is 17.0 Å². The van der Waals surface area contributed by atoms with Crippen molar-refractivity contribution in [3.63, 3.8) is 0 Å². The average Bonchev–Trinajstić information content (AvgIpc) is 2.79. The fourth-order valence-electron chi connectivity index (χ4n) is 2.24. The Labute approximate surface area is 139 Å². The van der Waals surface area contributed by atoms with Crippen molar-refractivity contribution in [3.8, 4) is 11.3 Å². The third kappa shape index (κ3) is 3.71. The van der Waals surface area contributed by atoms with E-state index in [4.69, 9.17) is 21.5 Å². The van der Waals surface area contributed by atoms with Crippen LogP contribution >= 0.6 is 11.6 Å². The van der Waals surface area contributed by atoms with Gasteiger partial charge in [0.05, 0.1) is 5.02 Å². The first kappa shape index (κ1) is 17.0. The summed E-state index contributed by atoms with van der Waals surface area (Å²) in [5, 5.41) is 17.5. The number of aryl methyl sites for hydroxylation is 2. The van der Waals surface area contributed by atoms with Crippen molar-refractivity contribution in [2.45, 2.75) is 33.7 Å². The van der Waals surface area contributed by atoms with E-state index in [-0.39, 0.29) is 17.6 Å². The summed E-state index contributed by atoms with van der Waals surface area (Å²) in [6.45, 7) is 7.29. The lowest BCUT2D eigenvalue weighted by molar-refractivity contribution is 0.0974. The number of nitrogens with one attached hydrogen (secondary N) is 3. The van der Waals surface area contributed by atoms with Gasteiger partial charge in [-0.1, -0.05) is 28.9 Å². The smallest absolute Gasteiger partial charge is 0.263 e. The largest absolute Gasteiger partial charge is 0.360 e. The predicted octanol–water partition coefficient (Wildman–Crippen LogP) is 3.27. The highest BCUT2D eigenvalue weighted by Crippen LogP contribution is 2.33. The molecule has 2 rings (SSSR count). The van der Waals surface area contributed by atoms with Crippen LogP contribution in [0.4, 0.5) is 0 Å². The lowest BCUT2D eigenvalue weighted by atomic mass is 10.0. The number of guanidine groups is 1. The summed E-state index contributed by atoms with van der Waals surface area (Å²) in [6, 6.07) is 5.49. The fourth-order valence-corrected chi connectivity index (χ4v) is 2.55. The zero-order valence-corrected chi connectivity index (χ0v) is 14.2. The minimum Gasteiger partial charge on any atom is -0.360 e. The van der Waals surface area contributed by atoms with Crippen molar-refractivity contribution < 1.29 is 9.32 Å². The third-order valence-corrected chi connectivity index (χ3v) is 3.54. The minimum absolute atomic E-state index is 0.0386. The average molecular weight is 335 g/mol. The van der Waals surface area contributed by atoms with Crippen LogP contribution in [0.1, 0.15) is 35.5 Å². The van der Waals surface area contributed by atoms with Crippen LogP contribution in [0.15, 0.2) is 22.7 Å². The van der Waals surface area contributed by atoms with Gasteiger partial charge < -0.3 is 9.84 Å². The Kier molecular flexibility index (Phi) is 5.05. The number of rotatable bonds is 3. The number of hydrogen-bond donors (Lipinski definition) is 3. The Bertz CT molecular complexity index is 732. The minimum atomic E-state index is -0.462. The molecule has 6 nitrogen and oxygen atoms in total. The summed E-state index contributed by atoms with van der Waals surface area (Å²) in [4.78, 5) is 12.5. The molecule has 0 unspecified atom stereocenters. The van der Waals surface area contributed by atoms with E-state index in [1.54, 1.807) is 13.0 Å². The normalized spacial score (nSPS) is 10.7. The molecular weight excluding hydrogens is 316 g/mol. The molecule has 0 fully saturated rings. The number of hydrogen-bond acceptors (Lipinski definition) is 4. The number of carbonyl (C=O) groups excluding carboxylic acids is 1. The van der Waals surface area contributed by atoms with Crippen molar-refractivity contribution >= 4 is 23.5 Å². The number of amides is 1. The molecule has 0 saturated heterocycles. The molecule has 1 heterocycles. The molecule has 0 atom stereocenters. The van der Waals surface area contributed by atoms with Crippen LogP contribution in [-0.2, 0) is 0 Å². The highest BCUT2D eigenvalue weighted by Gasteiger charge is 2.24. The SMILES string of the molecule is Cc1cccc(Cl)c1-c1noc(C)c1C(=O)NC(=N)NC(C)C. The van der Waals surface area contributed by atoms with Crippen molar-refractivity contribution in [2.75, 3.05) is 0 Å². The molecule has 3 N–H and O–H groups in total.